The standard InChI is InChI=1S/C16H30Si/c1-17(2,14-8-4-5-9-14)16-12-11-13-7-3-6-10-15(13)16/h13-16H,3-12H2,1-2H3. The monoisotopic (exact) mass is 250 g/mol. The highest BCUT2D eigenvalue weighted by Gasteiger charge is 2.48. The van der Waals surface area contributed by atoms with Gasteiger partial charge in [0, 0.05) is 0 Å². The van der Waals surface area contributed by atoms with E-state index in [0.717, 1.165) is 5.92 Å². The first-order valence-electron chi connectivity index (χ1n) is 8.19. The third kappa shape index (κ3) is 2.13. The topological polar surface area (TPSA) is 0 Å². The second-order valence-corrected chi connectivity index (χ2v) is 12.9. The fourth-order valence-electron chi connectivity index (χ4n) is 5.63. The molecule has 0 aromatic carbocycles. The molecule has 3 unspecified atom stereocenters. The van der Waals surface area contributed by atoms with E-state index in [1.165, 1.54) is 17.0 Å². The SMILES string of the molecule is C[Si](C)(C1CCCC1)C1CCC2CCCCC21. The molecule has 3 rings (SSSR count). The third-order valence-electron chi connectivity index (χ3n) is 6.70. The van der Waals surface area contributed by atoms with E-state index in [9.17, 15) is 0 Å². The Labute approximate surface area is 109 Å². The number of fused-ring (bicyclic) bond motifs is 1. The lowest BCUT2D eigenvalue weighted by atomic mass is 9.82. The Morgan fingerprint density at radius 3 is 2.12 bits per heavy atom. The van der Waals surface area contributed by atoms with Crippen LogP contribution in [0, 0.1) is 11.8 Å². The first kappa shape index (κ1) is 12.3. The van der Waals surface area contributed by atoms with Crippen LogP contribution in [0.5, 0.6) is 0 Å². The van der Waals surface area contributed by atoms with Crippen LogP contribution >= 0.6 is 0 Å². The summed E-state index contributed by atoms with van der Waals surface area (Å²) < 4.78 is 0. The van der Waals surface area contributed by atoms with Gasteiger partial charge in [0.15, 0.2) is 0 Å². The van der Waals surface area contributed by atoms with Crippen molar-refractivity contribution < 1.29 is 0 Å². The number of hydrogen-bond acceptors (Lipinski definition) is 0. The molecule has 3 aliphatic rings. The summed E-state index contributed by atoms with van der Waals surface area (Å²) in [6, 6.07) is 0. The van der Waals surface area contributed by atoms with Gasteiger partial charge in [-0.05, 0) is 22.9 Å². The molecule has 0 bridgehead atoms. The molecular formula is C16H30Si. The molecule has 0 aromatic rings. The molecule has 1 heteroatoms. The summed E-state index contributed by atoms with van der Waals surface area (Å²) in [5.41, 5.74) is 2.39. The maximum Gasteiger partial charge on any atom is 0.0538 e. The van der Waals surface area contributed by atoms with E-state index >= 15 is 0 Å². The van der Waals surface area contributed by atoms with Crippen molar-refractivity contribution in [2.24, 2.45) is 11.8 Å². The van der Waals surface area contributed by atoms with Crippen molar-refractivity contribution >= 4 is 8.07 Å². The number of hydrogen-bond donors (Lipinski definition) is 0. The predicted molar refractivity (Wildman–Crippen MR) is 78.1 cm³/mol. The zero-order valence-electron chi connectivity index (χ0n) is 11.9. The van der Waals surface area contributed by atoms with Crippen LogP contribution in [-0.2, 0) is 0 Å². The second kappa shape index (κ2) is 4.72. The molecule has 3 saturated carbocycles. The van der Waals surface area contributed by atoms with Gasteiger partial charge in [0.25, 0.3) is 0 Å². The maximum absolute atomic E-state index is 2.75. The van der Waals surface area contributed by atoms with Crippen molar-refractivity contribution in [2.75, 3.05) is 0 Å². The number of rotatable bonds is 2. The van der Waals surface area contributed by atoms with Crippen LogP contribution in [0.4, 0.5) is 0 Å². The molecule has 0 heterocycles. The minimum absolute atomic E-state index is 0.945. The summed E-state index contributed by atoms with van der Waals surface area (Å²) >= 11 is 0. The highest BCUT2D eigenvalue weighted by Crippen LogP contribution is 2.57. The van der Waals surface area contributed by atoms with E-state index in [4.69, 9.17) is 0 Å². The summed E-state index contributed by atoms with van der Waals surface area (Å²) in [6.45, 7) is 5.51. The molecule has 0 aromatic heterocycles. The van der Waals surface area contributed by atoms with E-state index < -0.39 is 8.07 Å². The molecule has 0 spiro atoms. The average Bonchev–Trinajstić information content (AvgIpc) is 2.99. The molecule has 0 N–H and O–H groups in total. The summed E-state index contributed by atoms with van der Waals surface area (Å²) in [6.07, 6.45) is 15.7. The second-order valence-electron chi connectivity index (χ2n) is 7.69. The fraction of sp³-hybridized carbons (Fsp3) is 1.00. The van der Waals surface area contributed by atoms with Crippen molar-refractivity contribution in [1.82, 2.24) is 0 Å². The van der Waals surface area contributed by atoms with E-state index in [1.54, 1.807) is 64.2 Å². The fourth-order valence-corrected chi connectivity index (χ4v) is 10.6. The zero-order chi connectivity index (χ0) is 11.9. The van der Waals surface area contributed by atoms with Gasteiger partial charge < -0.3 is 0 Å². The molecule has 17 heavy (non-hydrogen) atoms. The molecule has 0 aliphatic heterocycles. The lowest BCUT2D eigenvalue weighted by Crippen LogP contribution is -2.40. The van der Waals surface area contributed by atoms with Crippen molar-refractivity contribution in [3.63, 3.8) is 0 Å². The quantitative estimate of drug-likeness (QED) is 0.559. The molecular weight excluding hydrogens is 220 g/mol. The van der Waals surface area contributed by atoms with Crippen molar-refractivity contribution in [1.29, 1.82) is 0 Å². The molecule has 0 radical (unpaired) electrons. The Morgan fingerprint density at radius 1 is 0.706 bits per heavy atom. The Balaban J connectivity index is 1.74. The summed E-state index contributed by atoms with van der Waals surface area (Å²) in [4.78, 5) is 0. The van der Waals surface area contributed by atoms with Gasteiger partial charge in [0.05, 0.1) is 8.07 Å². The van der Waals surface area contributed by atoms with Crippen molar-refractivity contribution in [2.45, 2.75) is 88.4 Å². The van der Waals surface area contributed by atoms with Gasteiger partial charge in [-0.25, -0.2) is 0 Å². The third-order valence-corrected chi connectivity index (χ3v) is 12.0. The summed E-state index contributed by atoms with van der Waals surface area (Å²) in [5, 5.41) is 0. The van der Waals surface area contributed by atoms with Crippen LogP contribution < -0.4 is 0 Å². The average molecular weight is 251 g/mol. The van der Waals surface area contributed by atoms with Gasteiger partial charge in [-0.2, -0.15) is 0 Å². The van der Waals surface area contributed by atoms with E-state index in [2.05, 4.69) is 13.1 Å². The van der Waals surface area contributed by atoms with Gasteiger partial charge in [0.2, 0.25) is 0 Å². The predicted octanol–water partition coefficient (Wildman–Crippen LogP) is 5.61. The lowest BCUT2D eigenvalue weighted by molar-refractivity contribution is 0.274. The van der Waals surface area contributed by atoms with E-state index in [0.29, 0.717) is 0 Å². The zero-order valence-corrected chi connectivity index (χ0v) is 12.9. The smallest absolute Gasteiger partial charge is 0.0538 e. The van der Waals surface area contributed by atoms with Crippen LogP contribution in [0.15, 0.2) is 0 Å². The van der Waals surface area contributed by atoms with Crippen molar-refractivity contribution in [3.05, 3.63) is 0 Å². The van der Waals surface area contributed by atoms with Crippen LogP contribution in [-0.4, -0.2) is 8.07 Å². The van der Waals surface area contributed by atoms with Crippen LogP contribution in [0.1, 0.15) is 64.2 Å². The van der Waals surface area contributed by atoms with E-state index in [-0.39, 0.29) is 0 Å². The van der Waals surface area contributed by atoms with Gasteiger partial charge >= 0.3 is 0 Å². The minimum Gasteiger partial charge on any atom is -0.0689 e. The maximum atomic E-state index is 2.75. The summed E-state index contributed by atoms with van der Waals surface area (Å²) in [7, 11) is -0.945. The lowest BCUT2D eigenvalue weighted by Gasteiger charge is -2.41. The highest BCUT2D eigenvalue weighted by molar-refractivity contribution is 6.80. The molecule has 3 aliphatic carbocycles. The Kier molecular flexibility index (Phi) is 3.40. The molecule has 98 valence electrons. The van der Waals surface area contributed by atoms with Crippen LogP contribution in [0.2, 0.25) is 24.2 Å². The molecule has 3 fully saturated rings. The molecule has 0 amide bonds. The summed E-state index contributed by atoms with van der Waals surface area (Å²) in [5.74, 6) is 2.33. The van der Waals surface area contributed by atoms with Gasteiger partial charge in [-0.15, -0.1) is 0 Å². The van der Waals surface area contributed by atoms with Crippen LogP contribution in [0.25, 0.3) is 0 Å². The van der Waals surface area contributed by atoms with Gasteiger partial charge in [-0.1, -0.05) is 77.3 Å². The largest absolute Gasteiger partial charge is 0.0689 e. The molecule has 3 atom stereocenters. The first-order valence-corrected chi connectivity index (χ1v) is 11.3. The molecule has 0 saturated heterocycles. The van der Waals surface area contributed by atoms with E-state index in [1.807, 2.05) is 0 Å². The van der Waals surface area contributed by atoms with Crippen molar-refractivity contribution in [3.8, 4) is 0 Å². The molecule has 0 nitrogen and oxygen atoms in total. The first-order chi connectivity index (χ1) is 8.19. The Bertz CT molecular complexity index is 265. The Hall–Kier alpha value is 0.217. The van der Waals surface area contributed by atoms with Gasteiger partial charge in [0.1, 0.15) is 0 Å². The highest BCUT2D eigenvalue weighted by atomic mass is 28.3. The normalized spacial score (nSPS) is 39.5. The Morgan fingerprint density at radius 2 is 1.35 bits per heavy atom. The van der Waals surface area contributed by atoms with Crippen LogP contribution in [0.3, 0.4) is 0 Å². The minimum atomic E-state index is -0.945. The van der Waals surface area contributed by atoms with Gasteiger partial charge in [-0.3, -0.25) is 0 Å².